The van der Waals surface area contributed by atoms with E-state index in [1.54, 1.807) is 0 Å². The van der Waals surface area contributed by atoms with Crippen molar-refractivity contribution in [3.05, 3.63) is 24.3 Å². The van der Waals surface area contributed by atoms with Crippen LogP contribution >= 0.6 is 0 Å². The fourth-order valence-electron chi connectivity index (χ4n) is 2.77. The summed E-state index contributed by atoms with van der Waals surface area (Å²) < 4.78 is 5.59. The van der Waals surface area contributed by atoms with Gasteiger partial charge in [-0.3, -0.25) is 0 Å². The minimum atomic E-state index is 0.0767. The van der Waals surface area contributed by atoms with Gasteiger partial charge in [0.2, 0.25) is 5.95 Å². The molecule has 1 fully saturated rings. The van der Waals surface area contributed by atoms with Crippen molar-refractivity contribution in [2.24, 2.45) is 0 Å². The molecule has 2 aromatic rings. The quantitative estimate of drug-likeness (QED) is 0.879. The molecule has 6 heteroatoms. The second-order valence-electron chi connectivity index (χ2n) is 5.20. The molecular weight excluding hydrogens is 268 g/mol. The Morgan fingerprint density at radius 1 is 1.24 bits per heavy atom. The lowest BCUT2D eigenvalue weighted by Crippen LogP contribution is -2.38. The van der Waals surface area contributed by atoms with Crippen LogP contribution in [-0.4, -0.2) is 47.5 Å². The Morgan fingerprint density at radius 3 is 2.76 bits per heavy atom. The Balaban J connectivity index is 1.79. The Hall–Kier alpha value is -1.92. The molecule has 3 N–H and O–H groups in total. The maximum Gasteiger partial charge on any atom is 0.222 e. The van der Waals surface area contributed by atoms with Crippen LogP contribution in [0.1, 0.15) is 12.8 Å². The number of hydrogen-bond donors (Lipinski definition) is 2. The van der Waals surface area contributed by atoms with Crippen LogP contribution in [0, 0.1) is 0 Å². The van der Waals surface area contributed by atoms with E-state index in [1.165, 1.54) is 0 Å². The molecule has 0 bridgehead atoms. The molecule has 1 aliphatic heterocycles. The Labute approximate surface area is 123 Å². The average molecular weight is 288 g/mol. The van der Waals surface area contributed by atoms with Gasteiger partial charge >= 0.3 is 0 Å². The maximum absolute atomic E-state index is 8.81. The summed E-state index contributed by atoms with van der Waals surface area (Å²) in [5, 5.41) is 9.84. The third-order valence-electron chi connectivity index (χ3n) is 3.79. The number of aliphatic hydroxyl groups is 1. The van der Waals surface area contributed by atoms with Crippen LogP contribution in [0.4, 0.5) is 11.8 Å². The molecule has 1 aliphatic rings. The van der Waals surface area contributed by atoms with Gasteiger partial charge in [-0.1, -0.05) is 12.1 Å². The molecule has 0 spiro atoms. The van der Waals surface area contributed by atoms with E-state index in [1.807, 2.05) is 24.3 Å². The van der Waals surface area contributed by atoms with Crippen LogP contribution < -0.4 is 10.6 Å². The molecule has 1 aromatic heterocycles. The second kappa shape index (κ2) is 6.24. The fourth-order valence-corrected chi connectivity index (χ4v) is 2.77. The predicted octanol–water partition coefficient (Wildman–Crippen LogP) is 1.19. The lowest BCUT2D eigenvalue weighted by atomic mass is 10.1. The number of nitrogens with zero attached hydrogens (tertiary/aromatic N) is 3. The minimum absolute atomic E-state index is 0.0767. The van der Waals surface area contributed by atoms with Crippen molar-refractivity contribution >= 4 is 22.7 Å². The van der Waals surface area contributed by atoms with Gasteiger partial charge in [0, 0.05) is 18.5 Å². The van der Waals surface area contributed by atoms with Crippen LogP contribution in [0.25, 0.3) is 10.9 Å². The van der Waals surface area contributed by atoms with E-state index < -0.39 is 0 Å². The van der Waals surface area contributed by atoms with Crippen LogP contribution in [0.15, 0.2) is 24.3 Å². The van der Waals surface area contributed by atoms with Crippen molar-refractivity contribution in [3.8, 4) is 0 Å². The third-order valence-corrected chi connectivity index (χ3v) is 3.79. The first-order valence-electron chi connectivity index (χ1n) is 7.27. The zero-order valence-corrected chi connectivity index (χ0v) is 11.9. The Bertz CT molecular complexity index is 612. The lowest BCUT2D eigenvalue weighted by molar-refractivity contribution is 0.0158. The zero-order valence-electron chi connectivity index (χ0n) is 11.9. The van der Waals surface area contributed by atoms with Gasteiger partial charge < -0.3 is 20.5 Å². The minimum Gasteiger partial charge on any atom is -0.394 e. The molecule has 3 rings (SSSR count). The van der Waals surface area contributed by atoms with Crippen LogP contribution in [0.3, 0.4) is 0 Å². The standard InChI is InChI=1S/C15H20N4O2/c16-15-17-13-4-2-1-3-12(13)14(18-15)19-7-5-11(6-8-19)21-10-9-20/h1-4,11,20H,5-10H2,(H2,16,17,18). The molecular formula is C15H20N4O2. The first kappa shape index (κ1) is 14.0. The summed E-state index contributed by atoms with van der Waals surface area (Å²) in [5.41, 5.74) is 6.70. The molecule has 0 radical (unpaired) electrons. The summed E-state index contributed by atoms with van der Waals surface area (Å²) in [5.74, 6) is 1.21. The molecule has 0 unspecified atom stereocenters. The summed E-state index contributed by atoms with van der Waals surface area (Å²) >= 11 is 0. The van der Waals surface area contributed by atoms with Gasteiger partial charge in [-0.05, 0) is 25.0 Å². The summed E-state index contributed by atoms with van der Waals surface area (Å²) in [6.07, 6.45) is 2.08. The number of nitrogen functional groups attached to an aromatic ring is 1. The molecule has 2 heterocycles. The molecule has 21 heavy (non-hydrogen) atoms. The number of benzene rings is 1. The fraction of sp³-hybridized carbons (Fsp3) is 0.467. The number of para-hydroxylation sites is 1. The molecule has 0 amide bonds. The van der Waals surface area contributed by atoms with Gasteiger partial charge in [-0.15, -0.1) is 0 Å². The summed E-state index contributed by atoms with van der Waals surface area (Å²) in [6.45, 7) is 2.23. The third kappa shape index (κ3) is 3.06. The van der Waals surface area contributed by atoms with Gasteiger partial charge in [0.25, 0.3) is 0 Å². The van der Waals surface area contributed by atoms with E-state index in [9.17, 15) is 0 Å². The van der Waals surface area contributed by atoms with Crippen molar-refractivity contribution in [3.63, 3.8) is 0 Å². The normalized spacial score (nSPS) is 16.5. The van der Waals surface area contributed by atoms with E-state index in [2.05, 4.69) is 14.9 Å². The largest absolute Gasteiger partial charge is 0.394 e. The number of rotatable bonds is 4. The second-order valence-corrected chi connectivity index (χ2v) is 5.20. The van der Waals surface area contributed by atoms with Gasteiger partial charge in [0.1, 0.15) is 5.82 Å². The SMILES string of the molecule is Nc1nc(N2CCC(OCCO)CC2)c2ccccc2n1. The van der Waals surface area contributed by atoms with E-state index in [0.717, 1.165) is 42.7 Å². The van der Waals surface area contributed by atoms with Crippen molar-refractivity contribution in [1.82, 2.24) is 9.97 Å². The zero-order chi connectivity index (χ0) is 14.7. The van der Waals surface area contributed by atoms with Crippen molar-refractivity contribution < 1.29 is 9.84 Å². The van der Waals surface area contributed by atoms with E-state index >= 15 is 0 Å². The number of aromatic nitrogens is 2. The highest BCUT2D eigenvalue weighted by Gasteiger charge is 2.22. The maximum atomic E-state index is 8.81. The number of aliphatic hydroxyl groups excluding tert-OH is 1. The number of ether oxygens (including phenoxy) is 1. The Morgan fingerprint density at radius 2 is 2.00 bits per heavy atom. The van der Waals surface area contributed by atoms with E-state index in [0.29, 0.717) is 12.6 Å². The van der Waals surface area contributed by atoms with Crippen LogP contribution in [0.5, 0.6) is 0 Å². The first-order chi connectivity index (χ1) is 10.3. The van der Waals surface area contributed by atoms with Crippen molar-refractivity contribution in [2.75, 3.05) is 36.9 Å². The smallest absolute Gasteiger partial charge is 0.222 e. The monoisotopic (exact) mass is 288 g/mol. The summed E-state index contributed by atoms with van der Waals surface area (Å²) in [7, 11) is 0. The van der Waals surface area contributed by atoms with Crippen molar-refractivity contribution in [1.29, 1.82) is 0 Å². The molecule has 1 aromatic carbocycles. The summed E-state index contributed by atoms with van der Waals surface area (Å²) in [6, 6.07) is 7.92. The number of piperidine rings is 1. The van der Waals surface area contributed by atoms with E-state index in [4.69, 9.17) is 15.6 Å². The lowest BCUT2D eigenvalue weighted by Gasteiger charge is -2.33. The van der Waals surface area contributed by atoms with E-state index in [-0.39, 0.29) is 12.7 Å². The number of fused-ring (bicyclic) bond motifs is 1. The van der Waals surface area contributed by atoms with Gasteiger partial charge in [-0.25, -0.2) is 4.98 Å². The first-order valence-corrected chi connectivity index (χ1v) is 7.27. The molecule has 1 saturated heterocycles. The highest BCUT2D eigenvalue weighted by Crippen LogP contribution is 2.27. The summed E-state index contributed by atoms with van der Waals surface area (Å²) in [4.78, 5) is 10.9. The molecule has 0 aliphatic carbocycles. The van der Waals surface area contributed by atoms with Gasteiger partial charge in [-0.2, -0.15) is 4.98 Å². The highest BCUT2D eigenvalue weighted by molar-refractivity contribution is 5.90. The molecule has 6 nitrogen and oxygen atoms in total. The number of nitrogens with two attached hydrogens (primary N) is 1. The topological polar surface area (TPSA) is 84.5 Å². The molecule has 0 saturated carbocycles. The predicted molar refractivity (Wildman–Crippen MR) is 82.2 cm³/mol. The molecule has 0 atom stereocenters. The van der Waals surface area contributed by atoms with Crippen molar-refractivity contribution in [2.45, 2.75) is 18.9 Å². The average Bonchev–Trinajstić information content (AvgIpc) is 2.52. The van der Waals surface area contributed by atoms with Gasteiger partial charge in [0.05, 0.1) is 24.8 Å². The highest BCUT2D eigenvalue weighted by atomic mass is 16.5. The van der Waals surface area contributed by atoms with Crippen LogP contribution in [-0.2, 0) is 4.74 Å². The van der Waals surface area contributed by atoms with Crippen LogP contribution in [0.2, 0.25) is 0 Å². The number of anilines is 2. The Kier molecular flexibility index (Phi) is 4.17. The molecule has 112 valence electrons. The van der Waals surface area contributed by atoms with Gasteiger partial charge in [0.15, 0.2) is 0 Å². The number of hydrogen-bond acceptors (Lipinski definition) is 6.